The van der Waals surface area contributed by atoms with Crippen LogP contribution in [0.25, 0.3) is 10.2 Å². The Labute approximate surface area is 152 Å². The number of sulfonamides is 1. The maximum atomic E-state index is 13.0. The molecular formula is C19H20N2O2S2. The molecule has 1 aliphatic heterocycles. The van der Waals surface area contributed by atoms with Gasteiger partial charge >= 0.3 is 0 Å². The van der Waals surface area contributed by atoms with Crippen molar-refractivity contribution < 1.29 is 8.42 Å². The molecule has 130 valence electrons. The van der Waals surface area contributed by atoms with E-state index in [0.29, 0.717) is 18.0 Å². The Morgan fingerprint density at radius 3 is 2.64 bits per heavy atom. The summed E-state index contributed by atoms with van der Waals surface area (Å²) in [6, 6.07) is 15.2. The van der Waals surface area contributed by atoms with Gasteiger partial charge in [0.1, 0.15) is 0 Å². The van der Waals surface area contributed by atoms with Gasteiger partial charge in [-0.15, -0.1) is 11.3 Å². The fourth-order valence-corrected chi connectivity index (χ4v) is 5.90. The molecule has 1 saturated heterocycles. The van der Waals surface area contributed by atoms with Crippen LogP contribution in [0.2, 0.25) is 0 Å². The van der Waals surface area contributed by atoms with Gasteiger partial charge in [-0.1, -0.05) is 29.8 Å². The van der Waals surface area contributed by atoms with Crippen molar-refractivity contribution in [1.29, 1.82) is 0 Å². The predicted octanol–water partition coefficient (Wildman–Crippen LogP) is 4.17. The largest absolute Gasteiger partial charge is 0.243 e. The Morgan fingerprint density at radius 2 is 1.88 bits per heavy atom. The molecule has 1 aromatic heterocycles. The lowest BCUT2D eigenvalue weighted by Crippen LogP contribution is -2.39. The summed E-state index contributed by atoms with van der Waals surface area (Å²) < 4.78 is 28.7. The summed E-state index contributed by atoms with van der Waals surface area (Å²) in [7, 11) is -3.44. The third kappa shape index (κ3) is 3.21. The molecule has 0 N–H and O–H groups in total. The van der Waals surface area contributed by atoms with Gasteiger partial charge in [0.05, 0.1) is 20.1 Å². The highest BCUT2D eigenvalue weighted by Crippen LogP contribution is 2.34. The van der Waals surface area contributed by atoms with Gasteiger partial charge in [0.2, 0.25) is 10.0 Å². The quantitative estimate of drug-likeness (QED) is 0.693. The van der Waals surface area contributed by atoms with Crippen molar-refractivity contribution in [1.82, 2.24) is 9.29 Å². The zero-order chi connectivity index (χ0) is 17.4. The molecule has 0 saturated carbocycles. The first kappa shape index (κ1) is 16.7. The van der Waals surface area contributed by atoms with Crippen molar-refractivity contribution in [3.05, 3.63) is 59.1 Å². The second kappa shape index (κ2) is 6.52. The first-order chi connectivity index (χ1) is 12.0. The van der Waals surface area contributed by atoms with E-state index in [0.717, 1.165) is 33.6 Å². The third-order valence-corrected chi connectivity index (χ3v) is 7.78. The minimum Gasteiger partial charge on any atom is -0.241 e. The number of thiazole rings is 1. The highest BCUT2D eigenvalue weighted by Gasteiger charge is 2.32. The Morgan fingerprint density at radius 1 is 1.12 bits per heavy atom. The Balaban J connectivity index is 1.61. The molecule has 0 spiro atoms. The van der Waals surface area contributed by atoms with Gasteiger partial charge in [0.15, 0.2) is 0 Å². The first-order valence-corrected chi connectivity index (χ1v) is 10.7. The SMILES string of the molecule is Cc1ccc(S(=O)(=O)N2CCC[C@H](c3nc4ccccc4s3)C2)cc1. The van der Waals surface area contributed by atoms with Gasteiger partial charge in [-0.25, -0.2) is 13.4 Å². The normalized spacial score (nSPS) is 19.3. The molecule has 4 nitrogen and oxygen atoms in total. The molecule has 0 unspecified atom stereocenters. The van der Waals surface area contributed by atoms with Crippen molar-refractivity contribution in [2.75, 3.05) is 13.1 Å². The van der Waals surface area contributed by atoms with Crippen LogP contribution in [-0.2, 0) is 10.0 Å². The first-order valence-electron chi connectivity index (χ1n) is 8.46. The van der Waals surface area contributed by atoms with E-state index in [-0.39, 0.29) is 5.92 Å². The average Bonchev–Trinajstić information content (AvgIpc) is 3.06. The summed E-state index contributed by atoms with van der Waals surface area (Å²) in [4.78, 5) is 5.11. The molecule has 3 aromatic rings. The van der Waals surface area contributed by atoms with Crippen LogP contribution in [-0.4, -0.2) is 30.8 Å². The number of piperidine rings is 1. The van der Waals surface area contributed by atoms with Crippen molar-refractivity contribution in [3.8, 4) is 0 Å². The van der Waals surface area contributed by atoms with Crippen molar-refractivity contribution >= 4 is 31.6 Å². The number of hydrogen-bond acceptors (Lipinski definition) is 4. The van der Waals surface area contributed by atoms with E-state index in [4.69, 9.17) is 4.98 Å². The van der Waals surface area contributed by atoms with Gasteiger partial charge in [-0.05, 0) is 44.0 Å². The number of fused-ring (bicyclic) bond motifs is 1. The molecule has 4 rings (SSSR count). The molecule has 1 aliphatic rings. The molecule has 0 aliphatic carbocycles. The molecule has 6 heteroatoms. The number of aryl methyl sites for hydroxylation is 1. The molecule has 1 atom stereocenters. The number of para-hydroxylation sites is 1. The summed E-state index contributed by atoms with van der Waals surface area (Å²) in [5, 5.41) is 1.05. The lowest BCUT2D eigenvalue weighted by molar-refractivity contribution is 0.315. The minimum atomic E-state index is -3.44. The highest BCUT2D eigenvalue weighted by molar-refractivity contribution is 7.89. The summed E-state index contributed by atoms with van der Waals surface area (Å²) >= 11 is 1.68. The van der Waals surface area contributed by atoms with E-state index in [1.807, 2.05) is 37.3 Å². The average molecular weight is 373 g/mol. The van der Waals surface area contributed by atoms with Gasteiger partial charge in [0, 0.05) is 19.0 Å². The monoisotopic (exact) mass is 372 g/mol. The number of benzene rings is 2. The molecule has 2 heterocycles. The second-order valence-electron chi connectivity index (χ2n) is 6.54. The fraction of sp³-hybridized carbons (Fsp3) is 0.316. The van der Waals surface area contributed by atoms with E-state index < -0.39 is 10.0 Å². The predicted molar refractivity (Wildman–Crippen MR) is 102 cm³/mol. The van der Waals surface area contributed by atoms with Crippen LogP contribution in [0.3, 0.4) is 0 Å². The lowest BCUT2D eigenvalue weighted by atomic mass is 10.0. The number of hydrogen-bond donors (Lipinski definition) is 0. The number of aromatic nitrogens is 1. The standard InChI is InChI=1S/C19H20N2O2S2/c1-14-8-10-16(11-9-14)25(22,23)21-12-4-5-15(13-21)19-20-17-6-2-3-7-18(17)24-19/h2-3,6-11,15H,4-5,12-13H2,1H3/t15-/m0/s1. The third-order valence-electron chi connectivity index (χ3n) is 4.70. The van der Waals surface area contributed by atoms with Crippen LogP contribution >= 0.6 is 11.3 Å². The molecule has 1 fully saturated rings. The van der Waals surface area contributed by atoms with Crippen LogP contribution in [0.1, 0.15) is 29.3 Å². The van der Waals surface area contributed by atoms with Gasteiger partial charge < -0.3 is 0 Å². The summed E-state index contributed by atoms with van der Waals surface area (Å²) in [5.41, 5.74) is 2.06. The Kier molecular flexibility index (Phi) is 4.35. The maximum Gasteiger partial charge on any atom is 0.243 e. The molecular weight excluding hydrogens is 352 g/mol. The molecule has 2 aromatic carbocycles. The second-order valence-corrected chi connectivity index (χ2v) is 9.54. The van der Waals surface area contributed by atoms with Crippen LogP contribution in [0.4, 0.5) is 0 Å². The van der Waals surface area contributed by atoms with Crippen LogP contribution < -0.4 is 0 Å². The summed E-state index contributed by atoms with van der Waals surface area (Å²) in [6.07, 6.45) is 1.85. The van der Waals surface area contributed by atoms with Crippen molar-refractivity contribution in [2.24, 2.45) is 0 Å². The van der Waals surface area contributed by atoms with E-state index >= 15 is 0 Å². The molecule has 25 heavy (non-hydrogen) atoms. The zero-order valence-corrected chi connectivity index (χ0v) is 15.7. The van der Waals surface area contributed by atoms with Crippen LogP contribution in [0, 0.1) is 6.92 Å². The molecule has 0 bridgehead atoms. The van der Waals surface area contributed by atoms with Gasteiger partial charge in [-0.3, -0.25) is 0 Å². The van der Waals surface area contributed by atoms with E-state index in [2.05, 4.69) is 6.07 Å². The molecule has 0 radical (unpaired) electrons. The van der Waals surface area contributed by atoms with Crippen molar-refractivity contribution in [3.63, 3.8) is 0 Å². The molecule has 0 amide bonds. The smallest absolute Gasteiger partial charge is 0.241 e. The van der Waals surface area contributed by atoms with Crippen molar-refractivity contribution in [2.45, 2.75) is 30.6 Å². The van der Waals surface area contributed by atoms with E-state index in [9.17, 15) is 8.42 Å². The summed E-state index contributed by atoms with van der Waals surface area (Å²) in [5.74, 6) is 0.173. The van der Waals surface area contributed by atoms with Gasteiger partial charge in [-0.2, -0.15) is 4.31 Å². The van der Waals surface area contributed by atoms with Crippen LogP contribution in [0.5, 0.6) is 0 Å². The van der Waals surface area contributed by atoms with Crippen LogP contribution in [0.15, 0.2) is 53.4 Å². The lowest BCUT2D eigenvalue weighted by Gasteiger charge is -2.31. The van der Waals surface area contributed by atoms with Gasteiger partial charge in [0.25, 0.3) is 0 Å². The topological polar surface area (TPSA) is 50.3 Å². The fourth-order valence-electron chi connectivity index (χ4n) is 3.29. The maximum absolute atomic E-state index is 13.0. The zero-order valence-electron chi connectivity index (χ0n) is 14.1. The van der Waals surface area contributed by atoms with E-state index in [1.165, 1.54) is 0 Å². The number of nitrogens with zero attached hydrogens (tertiary/aromatic N) is 2. The Bertz CT molecular complexity index is 961. The van der Waals surface area contributed by atoms with E-state index in [1.54, 1.807) is 27.8 Å². The highest BCUT2D eigenvalue weighted by atomic mass is 32.2. The minimum absolute atomic E-state index is 0.173. The summed E-state index contributed by atoms with van der Waals surface area (Å²) in [6.45, 7) is 3.05. The Hall–Kier alpha value is -1.76. The number of rotatable bonds is 3.